The molecule has 0 aliphatic rings. The third-order valence-electron chi connectivity index (χ3n) is 3.08. The molecule has 23 heavy (non-hydrogen) atoms. The van der Waals surface area contributed by atoms with Gasteiger partial charge in [0.25, 0.3) is 0 Å². The lowest BCUT2D eigenvalue weighted by molar-refractivity contribution is 0.767. The van der Waals surface area contributed by atoms with Crippen LogP contribution in [0.1, 0.15) is 11.1 Å². The molecule has 0 unspecified atom stereocenters. The van der Waals surface area contributed by atoms with Crippen LogP contribution in [-0.4, -0.2) is 21.1 Å². The summed E-state index contributed by atoms with van der Waals surface area (Å²) in [5.74, 6) is 0.842. The maximum Gasteiger partial charge on any atom is 0.212 e. The lowest BCUT2D eigenvalue weighted by Crippen LogP contribution is -1.91. The fraction of sp³-hybridized carbons (Fsp3) is 0.0556. The Morgan fingerprint density at radius 2 is 1.74 bits per heavy atom. The Labute approximate surface area is 139 Å². The Hall–Kier alpha value is -2.66. The molecule has 0 atom stereocenters. The van der Waals surface area contributed by atoms with E-state index in [0.29, 0.717) is 0 Å². The number of rotatable bonds is 6. The van der Waals surface area contributed by atoms with E-state index in [9.17, 15) is 0 Å². The lowest BCUT2D eigenvalue weighted by atomic mass is 10.2. The largest absolute Gasteiger partial charge is 0.212 e. The predicted molar refractivity (Wildman–Crippen MR) is 95.4 cm³/mol. The molecule has 114 valence electrons. The summed E-state index contributed by atoms with van der Waals surface area (Å²) >= 11 is 1.61. The normalized spacial score (nSPS) is 11.5. The number of aromatic nitrogens is 3. The highest BCUT2D eigenvalue weighted by molar-refractivity contribution is 7.98. The number of allylic oxidation sites excluding steroid dienone is 1. The average Bonchev–Trinajstić information content (AvgIpc) is 3.06. The SMILES string of the molecule is C(=C/c1ccccc1)/C=N/n1cnnc1SCc1ccccc1. The lowest BCUT2D eigenvalue weighted by Gasteiger charge is -2.00. The van der Waals surface area contributed by atoms with Crippen molar-refractivity contribution in [1.29, 1.82) is 0 Å². The van der Waals surface area contributed by atoms with Crippen molar-refractivity contribution < 1.29 is 0 Å². The summed E-state index contributed by atoms with van der Waals surface area (Å²) < 4.78 is 1.68. The van der Waals surface area contributed by atoms with Crippen LogP contribution in [0.3, 0.4) is 0 Å². The molecule has 0 N–H and O–H groups in total. The van der Waals surface area contributed by atoms with Crippen molar-refractivity contribution in [3.63, 3.8) is 0 Å². The molecule has 0 spiro atoms. The van der Waals surface area contributed by atoms with Crippen LogP contribution >= 0.6 is 11.8 Å². The van der Waals surface area contributed by atoms with Gasteiger partial charge in [-0.15, -0.1) is 10.2 Å². The van der Waals surface area contributed by atoms with Crippen LogP contribution in [0.25, 0.3) is 6.08 Å². The fourth-order valence-electron chi connectivity index (χ4n) is 1.94. The molecule has 0 aliphatic heterocycles. The smallest absolute Gasteiger partial charge is 0.195 e. The molecule has 0 radical (unpaired) electrons. The van der Waals surface area contributed by atoms with Crippen molar-refractivity contribution in [2.24, 2.45) is 5.10 Å². The van der Waals surface area contributed by atoms with Crippen LogP contribution < -0.4 is 0 Å². The summed E-state index contributed by atoms with van der Waals surface area (Å²) in [5, 5.41) is 13.2. The molecule has 0 amide bonds. The summed E-state index contributed by atoms with van der Waals surface area (Å²) in [6, 6.07) is 20.4. The van der Waals surface area contributed by atoms with Crippen molar-refractivity contribution in [3.8, 4) is 0 Å². The van der Waals surface area contributed by atoms with E-state index in [1.807, 2.05) is 60.7 Å². The molecule has 2 aromatic carbocycles. The maximum absolute atomic E-state index is 4.35. The van der Waals surface area contributed by atoms with Gasteiger partial charge in [-0.25, -0.2) is 0 Å². The molecule has 0 saturated heterocycles. The van der Waals surface area contributed by atoms with Crippen LogP contribution in [0.4, 0.5) is 0 Å². The van der Waals surface area contributed by atoms with Crippen LogP contribution in [0.2, 0.25) is 0 Å². The van der Waals surface area contributed by atoms with E-state index in [-0.39, 0.29) is 0 Å². The van der Waals surface area contributed by atoms with Crippen LogP contribution in [0.15, 0.2) is 83.3 Å². The third-order valence-corrected chi connectivity index (χ3v) is 4.08. The van der Waals surface area contributed by atoms with Crippen molar-refractivity contribution >= 4 is 24.1 Å². The van der Waals surface area contributed by atoms with Gasteiger partial charge in [0.2, 0.25) is 5.16 Å². The highest BCUT2D eigenvalue weighted by atomic mass is 32.2. The van der Waals surface area contributed by atoms with Gasteiger partial charge in [0.05, 0.1) is 0 Å². The van der Waals surface area contributed by atoms with E-state index < -0.39 is 0 Å². The zero-order valence-corrected chi connectivity index (χ0v) is 13.3. The van der Waals surface area contributed by atoms with Crippen LogP contribution in [-0.2, 0) is 5.75 Å². The minimum absolute atomic E-state index is 0.776. The van der Waals surface area contributed by atoms with Gasteiger partial charge in [0, 0.05) is 12.0 Å². The van der Waals surface area contributed by atoms with E-state index >= 15 is 0 Å². The Kier molecular flexibility index (Phi) is 5.37. The summed E-state index contributed by atoms with van der Waals surface area (Å²) in [7, 11) is 0. The maximum atomic E-state index is 4.35. The topological polar surface area (TPSA) is 43.1 Å². The summed E-state index contributed by atoms with van der Waals surface area (Å²) in [6.45, 7) is 0. The second kappa shape index (κ2) is 8.10. The zero-order valence-electron chi connectivity index (χ0n) is 12.5. The van der Waals surface area contributed by atoms with Crippen molar-refractivity contribution in [2.45, 2.75) is 10.9 Å². The van der Waals surface area contributed by atoms with E-state index in [2.05, 4.69) is 27.4 Å². The number of thioether (sulfide) groups is 1. The molecule has 0 bridgehead atoms. The third kappa shape index (κ3) is 4.66. The highest BCUT2D eigenvalue weighted by Gasteiger charge is 2.03. The Morgan fingerprint density at radius 3 is 2.52 bits per heavy atom. The predicted octanol–water partition coefficient (Wildman–Crippen LogP) is 4.12. The first kappa shape index (κ1) is 15.2. The van der Waals surface area contributed by atoms with E-state index in [0.717, 1.165) is 16.5 Å². The molecular weight excluding hydrogens is 304 g/mol. The van der Waals surface area contributed by atoms with Gasteiger partial charge in [0.15, 0.2) is 0 Å². The van der Waals surface area contributed by atoms with Crippen molar-refractivity contribution in [1.82, 2.24) is 14.9 Å². The van der Waals surface area contributed by atoms with Gasteiger partial charge in [0.1, 0.15) is 6.33 Å². The quantitative estimate of drug-likeness (QED) is 0.507. The van der Waals surface area contributed by atoms with Gasteiger partial charge in [-0.2, -0.15) is 9.78 Å². The monoisotopic (exact) mass is 320 g/mol. The molecule has 4 nitrogen and oxygen atoms in total. The molecule has 1 heterocycles. The van der Waals surface area contributed by atoms with Gasteiger partial charge in [-0.05, 0) is 17.2 Å². The number of benzene rings is 2. The summed E-state index contributed by atoms with van der Waals surface area (Å²) in [4.78, 5) is 0. The molecule has 0 aliphatic carbocycles. The van der Waals surface area contributed by atoms with Gasteiger partial charge in [-0.3, -0.25) is 0 Å². The van der Waals surface area contributed by atoms with Gasteiger partial charge >= 0.3 is 0 Å². The first-order valence-electron chi connectivity index (χ1n) is 7.24. The molecule has 0 saturated carbocycles. The standard InChI is InChI=1S/C18H16N4S/c1-3-8-16(9-4-1)12-7-13-20-22-15-19-21-18(22)23-14-17-10-5-2-6-11-17/h1-13,15H,14H2/b12-7-,20-13+. The van der Waals surface area contributed by atoms with Gasteiger partial charge < -0.3 is 0 Å². The minimum Gasteiger partial charge on any atom is -0.195 e. The van der Waals surface area contributed by atoms with E-state index in [4.69, 9.17) is 0 Å². The first-order valence-corrected chi connectivity index (χ1v) is 8.23. The van der Waals surface area contributed by atoms with Crippen molar-refractivity contribution in [2.75, 3.05) is 0 Å². The molecular formula is C18H16N4S. The number of hydrogen-bond acceptors (Lipinski definition) is 4. The number of hydrogen-bond donors (Lipinski definition) is 0. The second-order valence-electron chi connectivity index (χ2n) is 4.77. The molecule has 5 heteroatoms. The Morgan fingerprint density at radius 1 is 1.00 bits per heavy atom. The first-order chi connectivity index (χ1) is 11.4. The Bertz CT molecular complexity index is 779. The van der Waals surface area contributed by atoms with Crippen LogP contribution in [0, 0.1) is 0 Å². The second-order valence-corrected chi connectivity index (χ2v) is 5.71. The molecule has 3 rings (SSSR count). The fourth-order valence-corrected chi connectivity index (χ4v) is 2.76. The van der Waals surface area contributed by atoms with E-state index in [1.54, 1.807) is 29.0 Å². The number of nitrogens with zero attached hydrogens (tertiary/aromatic N) is 4. The molecule has 3 aromatic rings. The summed E-state index contributed by atoms with van der Waals surface area (Å²) in [6.07, 6.45) is 7.26. The Balaban J connectivity index is 1.60. The van der Waals surface area contributed by atoms with Gasteiger partial charge in [-0.1, -0.05) is 78.5 Å². The van der Waals surface area contributed by atoms with E-state index in [1.165, 1.54) is 5.56 Å². The molecule has 0 fully saturated rings. The molecule has 1 aromatic heterocycles. The van der Waals surface area contributed by atoms with Crippen LogP contribution in [0.5, 0.6) is 0 Å². The minimum atomic E-state index is 0.776. The highest BCUT2D eigenvalue weighted by Crippen LogP contribution is 2.20. The summed E-state index contributed by atoms with van der Waals surface area (Å²) in [5.41, 5.74) is 2.39. The van der Waals surface area contributed by atoms with Crippen molar-refractivity contribution in [3.05, 3.63) is 84.2 Å². The average molecular weight is 320 g/mol. The zero-order chi connectivity index (χ0) is 15.7.